The molecule has 0 aliphatic carbocycles. The average Bonchev–Trinajstić information content (AvgIpc) is 2.42. The molecular formula is C16H16BrClO2. The largest absolute Gasteiger partial charge is 0.496 e. The van der Waals surface area contributed by atoms with Crippen LogP contribution in [0.4, 0.5) is 0 Å². The third-order valence-corrected chi connectivity index (χ3v) is 4.33. The number of hydrogen-bond acceptors (Lipinski definition) is 2. The Balaban J connectivity index is 2.24. The van der Waals surface area contributed by atoms with Crippen LogP contribution in [0.3, 0.4) is 0 Å². The van der Waals surface area contributed by atoms with E-state index < -0.39 is 6.10 Å². The predicted molar refractivity (Wildman–Crippen MR) is 85.5 cm³/mol. The Morgan fingerprint density at radius 2 is 2.00 bits per heavy atom. The first-order valence-electron chi connectivity index (χ1n) is 6.28. The van der Waals surface area contributed by atoms with E-state index in [1.165, 1.54) is 0 Å². The summed E-state index contributed by atoms with van der Waals surface area (Å²) in [6.07, 6.45) is -0.140. The highest BCUT2D eigenvalue weighted by Crippen LogP contribution is 2.29. The number of benzene rings is 2. The van der Waals surface area contributed by atoms with Crippen LogP contribution in [-0.2, 0) is 6.42 Å². The standard InChI is InChI=1S/C16H16BrClO2/c1-10-3-4-11(8-14(10)17)15(19)9-12-7-13(18)5-6-16(12)20-2/h3-8,15,19H,9H2,1-2H3. The molecular weight excluding hydrogens is 340 g/mol. The summed E-state index contributed by atoms with van der Waals surface area (Å²) in [6.45, 7) is 2.01. The summed E-state index contributed by atoms with van der Waals surface area (Å²) < 4.78 is 6.29. The third kappa shape index (κ3) is 3.54. The second kappa shape index (κ2) is 6.61. The van der Waals surface area contributed by atoms with Crippen LogP contribution in [0.25, 0.3) is 0 Å². The van der Waals surface area contributed by atoms with Crippen LogP contribution in [-0.4, -0.2) is 12.2 Å². The highest BCUT2D eigenvalue weighted by Gasteiger charge is 2.13. The van der Waals surface area contributed by atoms with Gasteiger partial charge in [-0.2, -0.15) is 0 Å². The fraction of sp³-hybridized carbons (Fsp3) is 0.250. The van der Waals surface area contributed by atoms with E-state index in [1.54, 1.807) is 13.2 Å². The number of rotatable bonds is 4. The van der Waals surface area contributed by atoms with Gasteiger partial charge >= 0.3 is 0 Å². The Kier molecular flexibility index (Phi) is 5.08. The van der Waals surface area contributed by atoms with Gasteiger partial charge in [0.1, 0.15) is 5.75 Å². The Morgan fingerprint density at radius 3 is 2.65 bits per heavy atom. The van der Waals surface area contributed by atoms with Gasteiger partial charge in [-0.25, -0.2) is 0 Å². The maximum absolute atomic E-state index is 10.4. The molecule has 2 rings (SSSR count). The van der Waals surface area contributed by atoms with E-state index in [0.717, 1.165) is 26.9 Å². The number of halogens is 2. The highest BCUT2D eigenvalue weighted by atomic mass is 79.9. The van der Waals surface area contributed by atoms with E-state index in [2.05, 4.69) is 15.9 Å². The van der Waals surface area contributed by atoms with Crippen LogP contribution < -0.4 is 4.74 Å². The SMILES string of the molecule is COc1ccc(Cl)cc1CC(O)c1ccc(C)c(Br)c1. The van der Waals surface area contributed by atoms with Crippen molar-refractivity contribution in [1.29, 1.82) is 0 Å². The molecule has 0 aliphatic rings. The molecule has 2 aromatic rings. The first-order valence-corrected chi connectivity index (χ1v) is 7.45. The van der Waals surface area contributed by atoms with Crippen LogP contribution in [0.15, 0.2) is 40.9 Å². The zero-order valence-electron chi connectivity index (χ0n) is 11.4. The van der Waals surface area contributed by atoms with Crippen molar-refractivity contribution in [1.82, 2.24) is 0 Å². The molecule has 0 saturated heterocycles. The van der Waals surface area contributed by atoms with Crippen molar-refractivity contribution in [3.63, 3.8) is 0 Å². The summed E-state index contributed by atoms with van der Waals surface area (Å²) >= 11 is 9.49. The molecule has 0 aromatic heterocycles. The van der Waals surface area contributed by atoms with E-state index in [4.69, 9.17) is 16.3 Å². The van der Waals surface area contributed by atoms with Crippen LogP contribution in [0, 0.1) is 6.92 Å². The van der Waals surface area contributed by atoms with Crippen LogP contribution >= 0.6 is 27.5 Å². The maximum Gasteiger partial charge on any atom is 0.122 e. The van der Waals surface area contributed by atoms with Crippen molar-refractivity contribution in [3.8, 4) is 5.75 Å². The maximum atomic E-state index is 10.4. The Hall–Kier alpha value is -1.03. The molecule has 2 aromatic carbocycles. The Bertz CT molecular complexity index is 613. The molecule has 0 saturated carbocycles. The summed E-state index contributed by atoms with van der Waals surface area (Å²) in [4.78, 5) is 0. The number of aryl methyl sites for hydroxylation is 1. The van der Waals surface area contributed by atoms with Crippen molar-refractivity contribution >= 4 is 27.5 Å². The van der Waals surface area contributed by atoms with Gasteiger partial charge < -0.3 is 9.84 Å². The van der Waals surface area contributed by atoms with E-state index >= 15 is 0 Å². The molecule has 0 spiro atoms. The zero-order chi connectivity index (χ0) is 14.7. The molecule has 0 bridgehead atoms. The lowest BCUT2D eigenvalue weighted by atomic mass is 10.00. The molecule has 1 N–H and O–H groups in total. The monoisotopic (exact) mass is 354 g/mol. The predicted octanol–water partition coefficient (Wildman–Crippen LogP) is 4.70. The molecule has 0 aliphatic heterocycles. The quantitative estimate of drug-likeness (QED) is 0.861. The second-order valence-corrected chi connectivity index (χ2v) is 5.98. The number of hydrogen-bond donors (Lipinski definition) is 1. The Labute approximate surface area is 132 Å². The van der Waals surface area contributed by atoms with Gasteiger partial charge in [-0.3, -0.25) is 0 Å². The summed E-state index contributed by atoms with van der Waals surface area (Å²) in [5.74, 6) is 0.736. The zero-order valence-corrected chi connectivity index (χ0v) is 13.7. The summed E-state index contributed by atoms with van der Waals surface area (Å²) in [5, 5.41) is 11.0. The van der Waals surface area contributed by atoms with Gasteiger partial charge in [0, 0.05) is 15.9 Å². The van der Waals surface area contributed by atoms with Crippen LogP contribution in [0.5, 0.6) is 5.75 Å². The molecule has 0 amide bonds. The van der Waals surface area contributed by atoms with Gasteiger partial charge in [0.2, 0.25) is 0 Å². The highest BCUT2D eigenvalue weighted by molar-refractivity contribution is 9.10. The molecule has 2 nitrogen and oxygen atoms in total. The van der Waals surface area contributed by atoms with E-state index in [-0.39, 0.29) is 0 Å². The number of aliphatic hydroxyl groups excluding tert-OH is 1. The normalized spacial score (nSPS) is 12.2. The van der Waals surface area contributed by atoms with Gasteiger partial charge in [-0.05, 0) is 47.9 Å². The minimum absolute atomic E-state index is 0.458. The van der Waals surface area contributed by atoms with Crippen molar-refractivity contribution in [2.75, 3.05) is 7.11 Å². The van der Waals surface area contributed by atoms with Gasteiger partial charge in [0.15, 0.2) is 0 Å². The number of aliphatic hydroxyl groups is 1. The molecule has 0 heterocycles. The average molecular weight is 356 g/mol. The van der Waals surface area contributed by atoms with Crippen molar-refractivity contribution in [3.05, 3.63) is 62.6 Å². The topological polar surface area (TPSA) is 29.5 Å². The van der Waals surface area contributed by atoms with Crippen molar-refractivity contribution in [2.45, 2.75) is 19.4 Å². The minimum Gasteiger partial charge on any atom is -0.496 e. The first kappa shape index (κ1) is 15.4. The van der Waals surface area contributed by atoms with Crippen LogP contribution in [0.1, 0.15) is 22.8 Å². The van der Waals surface area contributed by atoms with Crippen molar-refractivity contribution < 1.29 is 9.84 Å². The number of methoxy groups -OCH3 is 1. The molecule has 0 radical (unpaired) electrons. The van der Waals surface area contributed by atoms with Gasteiger partial charge in [0.05, 0.1) is 13.2 Å². The fourth-order valence-corrected chi connectivity index (χ4v) is 2.64. The molecule has 4 heteroatoms. The molecule has 20 heavy (non-hydrogen) atoms. The van der Waals surface area contributed by atoms with E-state index in [1.807, 2.05) is 37.3 Å². The third-order valence-electron chi connectivity index (χ3n) is 3.24. The molecule has 106 valence electrons. The molecule has 1 atom stereocenters. The molecule has 1 unspecified atom stereocenters. The van der Waals surface area contributed by atoms with E-state index in [0.29, 0.717) is 11.4 Å². The molecule has 0 fully saturated rings. The summed E-state index contributed by atoms with van der Waals surface area (Å²) in [6, 6.07) is 11.3. The van der Waals surface area contributed by atoms with E-state index in [9.17, 15) is 5.11 Å². The number of ether oxygens (including phenoxy) is 1. The van der Waals surface area contributed by atoms with Gasteiger partial charge in [0.25, 0.3) is 0 Å². The first-order chi connectivity index (χ1) is 9.51. The lowest BCUT2D eigenvalue weighted by Crippen LogP contribution is -2.03. The van der Waals surface area contributed by atoms with Crippen molar-refractivity contribution in [2.24, 2.45) is 0 Å². The van der Waals surface area contributed by atoms with Gasteiger partial charge in [-0.15, -0.1) is 0 Å². The van der Waals surface area contributed by atoms with Crippen LogP contribution in [0.2, 0.25) is 5.02 Å². The fourth-order valence-electron chi connectivity index (χ4n) is 2.05. The second-order valence-electron chi connectivity index (χ2n) is 4.68. The lowest BCUT2D eigenvalue weighted by Gasteiger charge is -2.15. The summed E-state index contributed by atoms with van der Waals surface area (Å²) in [5.41, 5.74) is 2.90. The lowest BCUT2D eigenvalue weighted by molar-refractivity contribution is 0.177. The minimum atomic E-state index is -0.598. The Morgan fingerprint density at radius 1 is 1.25 bits per heavy atom. The summed E-state index contributed by atoms with van der Waals surface area (Å²) in [7, 11) is 1.61. The smallest absolute Gasteiger partial charge is 0.122 e. The van der Waals surface area contributed by atoms with Gasteiger partial charge in [-0.1, -0.05) is 39.7 Å².